The van der Waals surface area contributed by atoms with Gasteiger partial charge in [-0.1, -0.05) is 18.2 Å². The number of hydrogen-bond acceptors (Lipinski definition) is 4. The minimum atomic E-state index is -0.422. The van der Waals surface area contributed by atoms with Crippen molar-refractivity contribution in [3.05, 3.63) is 58.2 Å². The summed E-state index contributed by atoms with van der Waals surface area (Å²) in [4.78, 5) is 37.9. The number of amides is 3. The first-order chi connectivity index (χ1) is 12.5. The molecule has 1 saturated heterocycles. The highest BCUT2D eigenvalue weighted by molar-refractivity contribution is 14.1. The summed E-state index contributed by atoms with van der Waals surface area (Å²) in [6.45, 7) is 0. The Hall–Kier alpha value is -1.87. The van der Waals surface area contributed by atoms with E-state index in [9.17, 15) is 14.4 Å². The van der Waals surface area contributed by atoms with Gasteiger partial charge in [0, 0.05) is 27.9 Å². The van der Waals surface area contributed by atoms with Crippen molar-refractivity contribution in [2.45, 2.75) is 18.1 Å². The highest BCUT2D eigenvalue weighted by Gasteiger charge is 2.39. The van der Waals surface area contributed by atoms with Crippen LogP contribution in [0.2, 0.25) is 0 Å². The third-order valence-electron chi connectivity index (χ3n) is 3.90. The predicted molar refractivity (Wildman–Crippen MR) is 112 cm³/mol. The van der Waals surface area contributed by atoms with E-state index in [0.717, 1.165) is 9.26 Å². The van der Waals surface area contributed by atoms with Crippen LogP contribution < -0.4 is 10.2 Å². The van der Waals surface area contributed by atoms with E-state index in [2.05, 4.69) is 27.9 Å². The number of rotatable bonds is 6. The van der Waals surface area contributed by atoms with E-state index in [1.807, 2.05) is 30.3 Å². The van der Waals surface area contributed by atoms with E-state index in [4.69, 9.17) is 0 Å². The molecule has 2 aromatic rings. The van der Waals surface area contributed by atoms with Gasteiger partial charge in [0.15, 0.2) is 0 Å². The number of nitrogens with zero attached hydrogens (tertiary/aromatic N) is 1. The minimum absolute atomic E-state index is 0.101. The molecule has 5 nitrogen and oxygen atoms in total. The summed E-state index contributed by atoms with van der Waals surface area (Å²) in [5, 5.41) is 2.41. The Bertz CT molecular complexity index is 811. The van der Waals surface area contributed by atoms with Gasteiger partial charge in [-0.05, 0) is 59.0 Å². The van der Waals surface area contributed by atoms with Crippen molar-refractivity contribution >= 4 is 63.4 Å². The second-order valence-electron chi connectivity index (χ2n) is 5.77. The fraction of sp³-hybridized carbons (Fsp3) is 0.211. The third kappa shape index (κ3) is 4.64. The summed E-state index contributed by atoms with van der Waals surface area (Å²) in [6, 6.07) is 16.5. The molecule has 0 unspecified atom stereocenters. The number of para-hydroxylation sites is 1. The molecule has 1 aliphatic rings. The van der Waals surface area contributed by atoms with Gasteiger partial charge >= 0.3 is 0 Å². The molecular formula is C19H17IN2O3S. The van der Waals surface area contributed by atoms with E-state index in [-0.39, 0.29) is 24.1 Å². The topological polar surface area (TPSA) is 66.5 Å². The van der Waals surface area contributed by atoms with E-state index in [1.54, 1.807) is 24.3 Å². The van der Waals surface area contributed by atoms with Crippen LogP contribution in [0, 0.1) is 3.57 Å². The van der Waals surface area contributed by atoms with Crippen molar-refractivity contribution in [1.29, 1.82) is 0 Å². The van der Waals surface area contributed by atoms with Crippen LogP contribution in [0.25, 0.3) is 0 Å². The van der Waals surface area contributed by atoms with Crippen LogP contribution in [0.15, 0.2) is 54.6 Å². The van der Waals surface area contributed by atoms with Gasteiger partial charge in [0.05, 0.1) is 10.9 Å². The zero-order valence-corrected chi connectivity index (χ0v) is 16.8. The van der Waals surface area contributed by atoms with Crippen molar-refractivity contribution < 1.29 is 14.4 Å². The Morgan fingerprint density at radius 1 is 1.12 bits per heavy atom. The zero-order valence-electron chi connectivity index (χ0n) is 13.9. The van der Waals surface area contributed by atoms with Crippen molar-refractivity contribution in [3.63, 3.8) is 0 Å². The summed E-state index contributed by atoms with van der Waals surface area (Å²) in [7, 11) is 0. The molecule has 134 valence electrons. The van der Waals surface area contributed by atoms with Crippen molar-refractivity contribution in [3.8, 4) is 0 Å². The maximum Gasteiger partial charge on any atom is 0.247 e. The largest absolute Gasteiger partial charge is 0.326 e. The summed E-state index contributed by atoms with van der Waals surface area (Å²) in [5.41, 5.74) is 1.35. The molecule has 0 bridgehead atoms. The van der Waals surface area contributed by atoms with Gasteiger partial charge in [-0.2, -0.15) is 0 Å². The molecule has 0 spiro atoms. The van der Waals surface area contributed by atoms with E-state index >= 15 is 0 Å². The van der Waals surface area contributed by atoms with Crippen molar-refractivity contribution in [2.24, 2.45) is 0 Å². The van der Waals surface area contributed by atoms with Crippen LogP contribution in [-0.4, -0.2) is 28.7 Å². The normalized spacial score (nSPS) is 16.8. The number of thioether (sulfide) groups is 1. The molecule has 1 N–H and O–H groups in total. The summed E-state index contributed by atoms with van der Waals surface area (Å²) < 4.78 is 1.10. The highest BCUT2D eigenvalue weighted by atomic mass is 127. The summed E-state index contributed by atoms with van der Waals surface area (Å²) >= 11 is 3.57. The molecule has 1 atom stereocenters. The molecule has 0 aliphatic carbocycles. The lowest BCUT2D eigenvalue weighted by molar-refractivity contribution is -0.121. The van der Waals surface area contributed by atoms with Gasteiger partial charge in [0.2, 0.25) is 17.7 Å². The molecule has 26 heavy (non-hydrogen) atoms. The SMILES string of the molecule is O=C(CCS[C@@H]1CC(=O)N(c2ccccc2)C1=O)Nc1ccc(I)cc1. The average Bonchev–Trinajstić information content (AvgIpc) is 2.91. The number of benzene rings is 2. The standard InChI is InChI=1S/C19H17IN2O3S/c20-13-6-8-14(9-7-13)21-17(23)10-11-26-16-12-18(24)22(19(16)25)15-4-2-1-3-5-15/h1-9,16H,10-12H2,(H,21,23)/t16-/m1/s1. The maximum atomic E-state index is 12.5. The van der Waals surface area contributed by atoms with Crippen LogP contribution in [0.1, 0.15) is 12.8 Å². The quantitative estimate of drug-likeness (QED) is 0.506. The number of hydrogen-bond donors (Lipinski definition) is 1. The van der Waals surface area contributed by atoms with Gasteiger partial charge in [0.1, 0.15) is 0 Å². The van der Waals surface area contributed by atoms with Crippen LogP contribution in [0.4, 0.5) is 11.4 Å². The molecule has 1 aliphatic heterocycles. The van der Waals surface area contributed by atoms with Gasteiger partial charge in [-0.15, -0.1) is 11.8 Å². The van der Waals surface area contributed by atoms with Crippen LogP contribution >= 0.6 is 34.4 Å². The number of halogens is 1. The second-order valence-corrected chi connectivity index (χ2v) is 8.33. The van der Waals surface area contributed by atoms with Crippen molar-refractivity contribution in [1.82, 2.24) is 0 Å². The zero-order chi connectivity index (χ0) is 18.5. The van der Waals surface area contributed by atoms with E-state index < -0.39 is 5.25 Å². The number of imide groups is 1. The minimum Gasteiger partial charge on any atom is -0.326 e. The first kappa shape index (κ1) is 18.9. The Kier molecular flexibility index (Phi) is 6.31. The molecule has 2 aromatic carbocycles. The first-order valence-electron chi connectivity index (χ1n) is 8.13. The predicted octanol–water partition coefficient (Wildman–Crippen LogP) is 3.69. The Balaban J connectivity index is 1.49. The molecule has 3 rings (SSSR count). The van der Waals surface area contributed by atoms with Crippen molar-refractivity contribution in [2.75, 3.05) is 16.0 Å². The van der Waals surface area contributed by atoms with E-state index in [0.29, 0.717) is 17.9 Å². The lowest BCUT2D eigenvalue weighted by atomic mass is 10.3. The van der Waals surface area contributed by atoms with E-state index in [1.165, 1.54) is 16.7 Å². The Morgan fingerprint density at radius 3 is 2.50 bits per heavy atom. The van der Waals surface area contributed by atoms with Gasteiger partial charge < -0.3 is 5.32 Å². The fourth-order valence-electron chi connectivity index (χ4n) is 2.63. The van der Waals surface area contributed by atoms with Crippen LogP contribution in [-0.2, 0) is 14.4 Å². The monoisotopic (exact) mass is 480 g/mol. The Labute approximate surface area is 169 Å². The molecule has 0 aromatic heterocycles. The number of nitrogens with one attached hydrogen (secondary N) is 1. The smallest absolute Gasteiger partial charge is 0.247 e. The third-order valence-corrected chi connectivity index (χ3v) is 5.83. The molecule has 1 fully saturated rings. The lowest BCUT2D eigenvalue weighted by Gasteiger charge is -2.14. The highest BCUT2D eigenvalue weighted by Crippen LogP contribution is 2.29. The summed E-state index contributed by atoms with van der Waals surface area (Å²) in [6.07, 6.45) is 0.469. The number of anilines is 2. The van der Waals surface area contributed by atoms with Gasteiger partial charge in [-0.3, -0.25) is 14.4 Å². The Morgan fingerprint density at radius 2 is 1.81 bits per heavy atom. The fourth-order valence-corrected chi connectivity index (χ4v) is 4.09. The lowest BCUT2D eigenvalue weighted by Crippen LogP contribution is -2.31. The summed E-state index contributed by atoms with van der Waals surface area (Å²) in [5.74, 6) is -0.00984. The van der Waals surface area contributed by atoms with Gasteiger partial charge in [0.25, 0.3) is 0 Å². The number of carbonyl (C=O) groups excluding carboxylic acids is 3. The van der Waals surface area contributed by atoms with Crippen LogP contribution in [0.3, 0.4) is 0 Å². The molecule has 7 heteroatoms. The molecular weight excluding hydrogens is 463 g/mol. The van der Waals surface area contributed by atoms with Gasteiger partial charge in [-0.25, -0.2) is 4.90 Å². The molecule has 0 saturated carbocycles. The average molecular weight is 480 g/mol. The second kappa shape index (κ2) is 8.68. The first-order valence-corrected chi connectivity index (χ1v) is 10.3. The van der Waals surface area contributed by atoms with Crippen LogP contribution in [0.5, 0.6) is 0 Å². The molecule has 3 amide bonds. The maximum absolute atomic E-state index is 12.5. The molecule has 1 heterocycles. The molecule has 0 radical (unpaired) electrons. The number of carbonyl (C=O) groups is 3.